The number of anilines is 2. The summed E-state index contributed by atoms with van der Waals surface area (Å²) in [7, 11) is 0. The molecule has 0 bridgehead atoms. The van der Waals surface area contributed by atoms with Crippen LogP contribution >= 0.6 is 0 Å². The molecule has 0 spiro atoms. The average molecular weight is 444 g/mol. The molecule has 2 aromatic heterocycles. The van der Waals surface area contributed by atoms with Gasteiger partial charge in [-0.25, -0.2) is 9.97 Å². The Hall–Kier alpha value is -3.81. The number of fused-ring (bicyclic) bond motifs is 1. The number of aromatic amines is 1. The molecule has 3 heterocycles. The van der Waals surface area contributed by atoms with Crippen LogP contribution in [0.3, 0.4) is 0 Å². The number of hydrogen-bond donors (Lipinski definition) is 2. The summed E-state index contributed by atoms with van der Waals surface area (Å²) in [5.74, 6) is 1.63. The predicted molar refractivity (Wildman–Crippen MR) is 133 cm³/mol. The van der Waals surface area contributed by atoms with Crippen LogP contribution < -0.4 is 5.32 Å². The first-order chi connectivity index (χ1) is 15.9. The smallest absolute Gasteiger partial charge is 0.219 e. The molecule has 0 unspecified atom stereocenters. The number of aliphatic imine (C=N–C) groups is 1. The van der Waals surface area contributed by atoms with Crippen LogP contribution in [0.4, 0.5) is 11.5 Å². The summed E-state index contributed by atoms with van der Waals surface area (Å²) >= 11 is 0. The number of rotatable bonds is 6. The van der Waals surface area contributed by atoms with Crippen molar-refractivity contribution in [1.82, 2.24) is 25.1 Å². The van der Waals surface area contributed by atoms with E-state index in [2.05, 4.69) is 34.1 Å². The normalized spacial score (nSPS) is 19.2. The quantitative estimate of drug-likeness (QED) is 0.420. The van der Waals surface area contributed by atoms with Crippen molar-refractivity contribution in [2.75, 3.05) is 11.9 Å². The molecule has 2 N–H and O–H groups in total. The molecular weight excluding hydrogens is 414 g/mol. The number of carbonyl (C=O) groups is 1. The second kappa shape index (κ2) is 9.77. The monoisotopic (exact) mass is 443 g/mol. The second-order valence-electron chi connectivity index (χ2n) is 8.46. The fourth-order valence-electron chi connectivity index (χ4n) is 4.17. The lowest BCUT2D eigenvalue weighted by Gasteiger charge is -2.37. The molecule has 1 fully saturated rings. The molecule has 1 saturated heterocycles. The molecule has 2 atom stereocenters. The van der Waals surface area contributed by atoms with E-state index in [1.165, 1.54) is 0 Å². The Bertz CT molecular complexity index is 1230. The third-order valence-corrected chi connectivity index (χ3v) is 6.05. The van der Waals surface area contributed by atoms with Crippen molar-refractivity contribution in [3.63, 3.8) is 0 Å². The number of nitrogens with one attached hydrogen (secondary N) is 2. The Labute approximate surface area is 193 Å². The third kappa shape index (κ3) is 5.16. The van der Waals surface area contributed by atoms with Crippen LogP contribution in [-0.4, -0.2) is 50.3 Å². The summed E-state index contributed by atoms with van der Waals surface area (Å²) in [6, 6.07) is 8.18. The summed E-state index contributed by atoms with van der Waals surface area (Å²) in [5.41, 5.74) is 3.71. The van der Waals surface area contributed by atoms with Crippen molar-refractivity contribution < 1.29 is 4.79 Å². The fourth-order valence-corrected chi connectivity index (χ4v) is 4.17. The standard InChI is InChI=1S/C25H29N7O/c1-16(6-5-11-26-4)23-13-24(28-21-9-10-22-20(12-21)14-27-31-22)30-25(29-23)19-8-7-17(2)32(15-19)18(3)33/h5-6,9-14,17,19H,4,7-8,15H2,1-3H3,(H,27,31)(H,28,29,30)/b11-5-,16-6+/t17-,19+/m0/s1. The molecule has 0 saturated carbocycles. The maximum atomic E-state index is 12.1. The summed E-state index contributed by atoms with van der Waals surface area (Å²) in [5, 5.41) is 11.5. The molecule has 0 aliphatic carbocycles. The number of carbonyl (C=O) groups excluding carboxylic acids is 1. The van der Waals surface area contributed by atoms with Crippen LogP contribution in [0, 0.1) is 0 Å². The van der Waals surface area contributed by atoms with E-state index in [-0.39, 0.29) is 17.9 Å². The summed E-state index contributed by atoms with van der Waals surface area (Å²) in [6.45, 7) is 9.83. The molecule has 1 aromatic carbocycles. The average Bonchev–Trinajstić information content (AvgIpc) is 3.27. The minimum Gasteiger partial charge on any atom is -0.340 e. The van der Waals surface area contributed by atoms with E-state index in [1.807, 2.05) is 48.2 Å². The van der Waals surface area contributed by atoms with Gasteiger partial charge in [-0.2, -0.15) is 5.10 Å². The first kappa shape index (κ1) is 22.4. The van der Waals surface area contributed by atoms with Gasteiger partial charge in [0.15, 0.2) is 0 Å². The molecular formula is C25H29N7O. The number of nitrogens with zero attached hydrogens (tertiary/aromatic N) is 5. The molecule has 8 nitrogen and oxygen atoms in total. The Kier molecular flexibility index (Phi) is 6.63. The predicted octanol–water partition coefficient (Wildman–Crippen LogP) is 4.83. The Morgan fingerprint density at radius 2 is 2.12 bits per heavy atom. The van der Waals surface area contributed by atoms with Gasteiger partial charge in [-0.3, -0.25) is 14.9 Å². The summed E-state index contributed by atoms with van der Waals surface area (Å²) in [4.78, 5) is 27.6. The highest BCUT2D eigenvalue weighted by Gasteiger charge is 2.30. The van der Waals surface area contributed by atoms with Crippen LogP contribution in [-0.2, 0) is 4.79 Å². The van der Waals surface area contributed by atoms with Gasteiger partial charge in [-0.05, 0) is 63.3 Å². The number of piperidine rings is 1. The highest BCUT2D eigenvalue weighted by Crippen LogP contribution is 2.31. The SMILES string of the molecule is C=N/C=C\C=C(/C)c1cc(Nc2ccc3[nH]ncc3c2)nc([C@@H]2CC[C@H](C)N(C(C)=O)C2)n1. The number of hydrogen-bond acceptors (Lipinski definition) is 6. The molecule has 33 heavy (non-hydrogen) atoms. The first-order valence-corrected chi connectivity index (χ1v) is 11.1. The van der Waals surface area contributed by atoms with Gasteiger partial charge in [0.2, 0.25) is 5.91 Å². The molecule has 1 aliphatic heterocycles. The van der Waals surface area contributed by atoms with Gasteiger partial charge in [-0.1, -0.05) is 6.08 Å². The maximum Gasteiger partial charge on any atom is 0.219 e. The highest BCUT2D eigenvalue weighted by molar-refractivity contribution is 5.82. The van der Waals surface area contributed by atoms with E-state index >= 15 is 0 Å². The van der Waals surface area contributed by atoms with Crippen LogP contribution in [0.2, 0.25) is 0 Å². The van der Waals surface area contributed by atoms with E-state index in [9.17, 15) is 4.79 Å². The number of likely N-dealkylation sites (tertiary alicyclic amines) is 1. The van der Waals surface area contributed by atoms with Crippen molar-refractivity contribution in [3.05, 3.63) is 60.3 Å². The minimum absolute atomic E-state index is 0.0835. The number of aromatic nitrogens is 4. The molecule has 4 rings (SSSR count). The lowest BCUT2D eigenvalue weighted by Crippen LogP contribution is -2.44. The number of allylic oxidation sites excluding steroid dienone is 3. The highest BCUT2D eigenvalue weighted by atomic mass is 16.2. The van der Waals surface area contributed by atoms with Gasteiger partial charge >= 0.3 is 0 Å². The van der Waals surface area contributed by atoms with Crippen LogP contribution in [0.5, 0.6) is 0 Å². The van der Waals surface area contributed by atoms with Gasteiger partial charge in [0.25, 0.3) is 0 Å². The van der Waals surface area contributed by atoms with Gasteiger partial charge in [0.05, 0.1) is 17.4 Å². The van der Waals surface area contributed by atoms with Crippen LogP contribution in [0.15, 0.2) is 53.8 Å². The summed E-state index contributed by atoms with van der Waals surface area (Å²) in [6.07, 6.45) is 9.09. The van der Waals surface area contributed by atoms with Crippen molar-refractivity contribution in [1.29, 1.82) is 0 Å². The van der Waals surface area contributed by atoms with Gasteiger partial charge in [0.1, 0.15) is 11.6 Å². The molecule has 3 aromatic rings. The van der Waals surface area contributed by atoms with E-state index in [0.29, 0.717) is 12.4 Å². The number of benzene rings is 1. The third-order valence-electron chi connectivity index (χ3n) is 6.05. The first-order valence-electron chi connectivity index (χ1n) is 11.1. The number of amides is 1. The lowest BCUT2D eigenvalue weighted by atomic mass is 9.92. The van der Waals surface area contributed by atoms with Gasteiger partial charge < -0.3 is 10.2 Å². The van der Waals surface area contributed by atoms with Crippen LogP contribution in [0.25, 0.3) is 16.5 Å². The molecule has 170 valence electrons. The topological polar surface area (TPSA) is 99.2 Å². The Morgan fingerprint density at radius 3 is 2.91 bits per heavy atom. The van der Waals surface area contributed by atoms with E-state index < -0.39 is 0 Å². The van der Waals surface area contributed by atoms with Crippen molar-refractivity contribution in [3.8, 4) is 0 Å². The Balaban J connectivity index is 1.69. The minimum atomic E-state index is 0.0835. The van der Waals surface area contributed by atoms with E-state index in [1.54, 1.807) is 19.3 Å². The largest absolute Gasteiger partial charge is 0.340 e. The molecule has 1 aliphatic rings. The lowest BCUT2D eigenvalue weighted by molar-refractivity contribution is -0.132. The fraction of sp³-hybridized carbons (Fsp3) is 0.320. The molecule has 1 amide bonds. The second-order valence-corrected chi connectivity index (χ2v) is 8.46. The molecule has 0 radical (unpaired) electrons. The van der Waals surface area contributed by atoms with Crippen molar-refractivity contribution >= 4 is 40.6 Å². The van der Waals surface area contributed by atoms with Gasteiger partial charge in [0, 0.05) is 48.8 Å². The van der Waals surface area contributed by atoms with Gasteiger partial charge in [-0.15, -0.1) is 0 Å². The van der Waals surface area contributed by atoms with Crippen LogP contribution in [0.1, 0.15) is 51.0 Å². The van der Waals surface area contributed by atoms with E-state index in [0.717, 1.165) is 46.5 Å². The van der Waals surface area contributed by atoms with E-state index in [4.69, 9.17) is 9.97 Å². The summed E-state index contributed by atoms with van der Waals surface area (Å²) < 4.78 is 0. The molecule has 8 heteroatoms. The maximum absolute atomic E-state index is 12.1. The van der Waals surface area contributed by atoms with Crippen molar-refractivity contribution in [2.24, 2.45) is 4.99 Å². The zero-order valence-electron chi connectivity index (χ0n) is 19.2. The van der Waals surface area contributed by atoms with Crippen molar-refractivity contribution in [2.45, 2.75) is 45.6 Å². The number of H-pyrrole nitrogens is 1. The zero-order valence-corrected chi connectivity index (χ0v) is 19.2. The zero-order chi connectivity index (χ0) is 23.4. The Morgan fingerprint density at radius 1 is 1.27 bits per heavy atom.